The Bertz CT molecular complexity index is 1280. The molecule has 1 unspecified atom stereocenters. The topological polar surface area (TPSA) is 88.9 Å². The lowest BCUT2D eigenvalue weighted by Gasteiger charge is -2.12. The van der Waals surface area contributed by atoms with Gasteiger partial charge in [0.2, 0.25) is 5.91 Å². The molecule has 7 nitrogen and oxygen atoms in total. The van der Waals surface area contributed by atoms with Crippen LogP contribution in [-0.2, 0) is 11.3 Å². The van der Waals surface area contributed by atoms with Gasteiger partial charge in [0.05, 0.1) is 30.0 Å². The quantitative estimate of drug-likeness (QED) is 0.383. The van der Waals surface area contributed by atoms with E-state index in [1.54, 1.807) is 10.9 Å². The van der Waals surface area contributed by atoms with Gasteiger partial charge < -0.3 is 5.32 Å². The third-order valence-corrected chi connectivity index (χ3v) is 6.16. The summed E-state index contributed by atoms with van der Waals surface area (Å²) >= 11 is 7.56. The van der Waals surface area contributed by atoms with Crippen molar-refractivity contribution in [2.24, 2.45) is 0 Å². The van der Waals surface area contributed by atoms with Crippen LogP contribution in [-0.4, -0.2) is 26.6 Å². The predicted octanol–water partition coefficient (Wildman–Crippen LogP) is 5.16. The van der Waals surface area contributed by atoms with Crippen LogP contribution < -0.4 is 10.6 Å². The van der Waals surface area contributed by atoms with E-state index < -0.39 is 0 Å². The number of thiazole rings is 1. The molecule has 33 heavy (non-hydrogen) atoms. The van der Waals surface area contributed by atoms with Crippen molar-refractivity contribution in [1.82, 2.24) is 20.1 Å². The van der Waals surface area contributed by atoms with Crippen LogP contribution in [0.4, 0.5) is 5.13 Å². The summed E-state index contributed by atoms with van der Waals surface area (Å²) in [6.45, 7) is 3.91. The molecular weight excluding hydrogens is 458 g/mol. The minimum Gasteiger partial charge on any atom is -0.350 e. The highest BCUT2D eigenvalue weighted by Gasteiger charge is 2.13. The fourth-order valence-corrected chi connectivity index (χ4v) is 4.24. The van der Waals surface area contributed by atoms with Gasteiger partial charge in [0, 0.05) is 29.1 Å². The Labute approximate surface area is 200 Å². The van der Waals surface area contributed by atoms with E-state index >= 15 is 0 Å². The van der Waals surface area contributed by atoms with E-state index in [4.69, 9.17) is 11.6 Å². The zero-order chi connectivity index (χ0) is 23.4. The second-order valence-electron chi connectivity index (χ2n) is 7.55. The van der Waals surface area contributed by atoms with Crippen LogP contribution in [0, 0.1) is 0 Å². The SMILES string of the molecule is CC(=O)NC(C)c1ccc(-c2csc(NC(=O)c3cnn(Cc4ccccc4Cl)c3)n2)cc1. The standard InChI is InChI=1S/C24H22ClN5O2S/c1-15(27-16(2)31)17-7-9-18(10-8-17)22-14-33-24(28-22)29-23(32)20-11-26-30(13-20)12-19-5-3-4-6-21(19)25/h3-11,13-15H,12H2,1-2H3,(H,27,31)(H,28,29,32). The maximum atomic E-state index is 12.6. The number of aromatic nitrogens is 3. The van der Waals surface area contributed by atoms with E-state index in [0.29, 0.717) is 22.3 Å². The number of hydrogen-bond acceptors (Lipinski definition) is 5. The summed E-state index contributed by atoms with van der Waals surface area (Å²) in [6.07, 6.45) is 3.21. The summed E-state index contributed by atoms with van der Waals surface area (Å²) in [5.74, 6) is -0.346. The lowest BCUT2D eigenvalue weighted by atomic mass is 10.1. The van der Waals surface area contributed by atoms with Gasteiger partial charge >= 0.3 is 0 Å². The van der Waals surface area contributed by atoms with Crippen molar-refractivity contribution in [3.05, 3.63) is 88.0 Å². The van der Waals surface area contributed by atoms with Crippen LogP contribution in [0.3, 0.4) is 0 Å². The second-order valence-corrected chi connectivity index (χ2v) is 8.82. The van der Waals surface area contributed by atoms with Crippen molar-refractivity contribution in [2.75, 3.05) is 5.32 Å². The fraction of sp³-hybridized carbons (Fsp3) is 0.167. The molecule has 0 aliphatic heterocycles. The summed E-state index contributed by atoms with van der Waals surface area (Å²) in [5, 5.41) is 13.0. The van der Waals surface area contributed by atoms with Gasteiger partial charge in [0.1, 0.15) is 0 Å². The highest BCUT2D eigenvalue weighted by Crippen LogP contribution is 2.26. The van der Waals surface area contributed by atoms with Crippen molar-refractivity contribution >= 4 is 39.9 Å². The van der Waals surface area contributed by atoms with Gasteiger partial charge in [-0.3, -0.25) is 19.6 Å². The zero-order valence-corrected chi connectivity index (χ0v) is 19.7. The molecule has 9 heteroatoms. The minimum atomic E-state index is -0.277. The van der Waals surface area contributed by atoms with Crippen molar-refractivity contribution in [3.8, 4) is 11.3 Å². The van der Waals surface area contributed by atoms with Crippen LogP contribution in [0.5, 0.6) is 0 Å². The number of rotatable bonds is 7. The van der Waals surface area contributed by atoms with Gasteiger partial charge in [-0.05, 0) is 24.1 Å². The molecule has 4 rings (SSSR count). The Hall–Kier alpha value is -3.49. The average Bonchev–Trinajstić information content (AvgIpc) is 3.45. The smallest absolute Gasteiger partial charge is 0.260 e. The van der Waals surface area contributed by atoms with Crippen LogP contribution in [0.25, 0.3) is 11.3 Å². The molecule has 2 aromatic heterocycles. The van der Waals surface area contributed by atoms with Gasteiger partial charge in [-0.25, -0.2) is 4.98 Å². The maximum Gasteiger partial charge on any atom is 0.260 e. The number of nitrogens with zero attached hydrogens (tertiary/aromatic N) is 3. The van der Waals surface area contributed by atoms with Crippen LogP contribution in [0.2, 0.25) is 5.02 Å². The Kier molecular flexibility index (Phi) is 6.86. The fourth-order valence-electron chi connectivity index (χ4n) is 3.33. The maximum absolute atomic E-state index is 12.6. The summed E-state index contributed by atoms with van der Waals surface area (Å²) in [5.41, 5.74) is 4.07. The zero-order valence-electron chi connectivity index (χ0n) is 18.1. The van der Waals surface area contributed by atoms with E-state index in [-0.39, 0.29) is 17.9 Å². The molecule has 2 amide bonds. The summed E-state index contributed by atoms with van der Waals surface area (Å²) < 4.78 is 1.67. The molecule has 168 valence electrons. The lowest BCUT2D eigenvalue weighted by molar-refractivity contribution is -0.119. The molecule has 4 aromatic rings. The third kappa shape index (κ3) is 5.66. The number of amides is 2. The lowest BCUT2D eigenvalue weighted by Crippen LogP contribution is -2.23. The number of halogens is 1. The Morgan fingerprint density at radius 2 is 1.91 bits per heavy atom. The average molecular weight is 480 g/mol. The number of carbonyl (C=O) groups excluding carboxylic acids is 2. The first kappa shape index (κ1) is 22.7. The van der Waals surface area contributed by atoms with Crippen LogP contribution in [0.15, 0.2) is 66.3 Å². The minimum absolute atomic E-state index is 0.0686. The van der Waals surface area contributed by atoms with Gasteiger partial charge in [0.15, 0.2) is 5.13 Å². The van der Waals surface area contributed by atoms with Gasteiger partial charge in [-0.2, -0.15) is 5.10 Å². The van der Waals surface area contributed by atoms with Crippen molar-refractivity contribution < 1.29 is 9.59 Å². The number of benzene rings is 2. The summed E-state index contributed by atoms with van der Waals surface area (Å²) in [4.78, 5) is 28.4. The molecule has 1 atom stereocenters. The molecular formula is C24H22ClN5O2S. The number of carbonyl (C=O) groups is 2. The van der Waals surface area contributed by atoms with E-state index in [9.17, 15) is 9.59 Å². The molecule has 0 radical (unpaired) electrons. The van der Waals surface area contributed by atoms with E-state index in [1.807, 2.05) is 60.8 Å². The molecule has 0 bridgehead atoms. The first-order chi connectivity index (χ1) is 15.9. The van der Waals surface area contributed by atoms with E-state index in [0.717, 1.165) is 22.4 Å². The summed E-state index contributed by atoms with van der Waals surface area (Å²) in [6, 6.07) is 15.3. The van der Waals surface area contributed by atoms with Gasteiger partial charge in [-0.15, -0.1) is 11.3 Å². The Morgan fingerprint density at radius 1 is 1.15 bits per heavy atom. The monoisotopic (exact) mass is 479 g/mol. The largest absolute Gasteiger partial charge is 0.350 e. The number of hydrogen-bond donors (Lipinski definition) is 2. The van der Waals surface area contributed by atoms with Crippen LogP contribution in [0.1, 0.15) is 41.4 Å². The molecule has 0 fully saturated rings. The second kappa shape index (κ2) is 9.97. The van der Waals surface area contributed by atoms with Crippen molar-refractivity contribution in [2.45, 2.75) is 26.4 Å². The van der Waals surface area contributed by atoms with E-state index in [2.05, 4.69) is 20.7 Å². The van der Waals surface area contributed by atoms with Gasteiger partial charge in [-0.1, -0.05) is 54.1 Å². The number of nitrogens with one attached hydrogen (secondary N) is 2. The van der Waals surface area contributed by atoms with E-state index in [1.165, 1.54) is 24.5 Å². The highest BCUT2D eigenvalue weighted by molar-refractivity contribution is 7.14. The molecule has 2 aromatic carbocycles. The van der Waals surface area contributed by atoms with Crippen molar-refractivity contribution in [3.63, 3.8) is 0 Å². The highest BCUT2D eigenvalue weighted by atomic mass is 35.5. The Balaban J connectivity index is 1.39. The first-order valence-electron chi connectivity index (χ1n) is 10.3. The third-order valence-electron chi connectivity index (χ3n) is 5.04. The van der Waals surface area contributed by atoms with Crippen LogP contribution >= 0.6 is 22.9 Å². The molecule has 0 aliphatic rings. The van der Waals surface area contributed by atoms with Crippen molar-refractivity contribution in [1.29, 1.82) is 0 Å². The normalized spacial score (nSPS) is 11.7. The molecule has 0 spiro atoms. The van der Waals surface area contributed by atoms with Gasteiger partial charge in [0.25, 0.3) is 5.91 Å². The molecule has 0 saturated carbocycles. The molecule has 0 aliphatic carbocycles. The number of anilines is 1. The summed E-state index contributed by atoms with van der Waals surface area (Å²) in [7, 11) is 0. The Morgan fingerprint density at radius 3 is 2.64 bits per heavy atom. The first-order valence-corrected chi connectivity index (χ1v) is 11.5. The molecule has 2 heterocycles. The molecule has 2 N–H and O–H groups in total. The predicted molar refractivity (Wildman–Crippen MR) is 131 cm³/mol. The molecule has 0 saturated heterocycles.